The Morgan fingerprint density at radius 1 is 0.500 bits per heavy atom. The van der Waals surface area contributed by atoms with Gasteiger partial charge in [0.15, 0.2) is 0 Å². The third kappa shape index (κ3) is 3.12. The zero-order valence-corrected chi connectivity index (χ0v) is 17.7. The van der Waals surface area contributed by atoms with Gasteiger partial charge in [-0.15, -0.1) is 0 Å². The molecule has 0 radical (unpaired) electrons. The third-order valence-corrected chi connectivity index (χ3v) is 6.22. The fourth-order valence-corrected chi connectivity index (χ4v) is 4.56. The molecule has 30 heavy (non-hydrogen) atoms. The molecule has 0 aliphatic carbocycles. The quantitative estimate of drug-likeness (QED) is 0.279. The topological polar surface area (TPSA) is 40.5 Å². The Labute approximate surface area is 183 Å². The first kappa shape index (κ1) is 18.7. The van der Waals surface area contributed by atoms with Gasteiger partial charge >= 0.3 is 0 Å². The van der Waals surface area contributed by atoms with Crippen LogP contribution in [-0.2, 0) is 0 Å². The van der Waals surface area contributed by atoms with Crippen molar-refractivity contribution in [2.75, 3.05) is 0 Å². The van der Waals surface area contributed by atoms with Crippen LogP contribution in [0, 0.1) is 0 Å². The molecule has 0 atom stereocenters. The van der Waals surface area contributed by atoms with Crippen molar-refractivity contribution in [2.45, 2.75) is 5.92 Å². The number of phenolic OH excluding ortho intramolecular Hbond substituents is 2. The van der Waals surface area contributed by atoms with Gasteiger partial charge in [0, 0.05) is 21.2 Å². The molecule has 5 aromatic carbocycles. The highest BCUT2D eigenvalue weighted by atomic mass is 79.9. The van der Waals surface area contributed by atoms with E-state index in [1.54, 1.807) is 12.1 Å². The molecule has 2 nitrogen and oxygen atoms in total. The van der Waals surface area contributed by atoms with Gasteiger partial charge < -0.3 is 10.2 Å². The molecule has 0 heterocycles. The van der Waals surface area contributed by atoms with E-state index in [-0.39, 0.29) is 17.4 Å². The monoisotopic (exact) mass is 454 g/mol. The summed E-state index contributed by atoms with van der Waals surface area (Å²) in [6, 6.07) is 31.8. The van der Waals surface area contributed by atoms with Crippen LogP contribution in [0.25, 0.3) is 21.5 Å². The van der Waals surface area contributed by atoms with Crippen molar-refractivity contribution >= 4 is 37.5 Å². The molecule has 0 fully saturated rings. The van der Waals surface area contributed by atoms with Gasteiger partial charge in [0.1, 0.15) is 11.5 Å². The molecule has 146 valence electrons. The van der Waals surface area contributed by atoms with Crippen LogP contribution in [0.2, 0.25) is 0 Å². The Kier molecular flexibility index (Phi) is 4.68. The predicted octanol–water partition coefficient (Wildman–Crippen LogP) is 7.35. The standard InChI is InChI=1S/C27H19BrO2/c28-18-11-9-17(10-12-18)27(23-13-15-25(29)21-7-3-1-5-19(21)23)24-14-16-26(30)22-8-4-2-6-20(22)24/h1-16,27,29-30H. The van der Waals surface area contributed by atoms with Gasteiger partial charge in [0.05, 0.1) is 0 Å². The molecule has 0 saturated heterocycles. The summed E-state index contributed by atoms with van der Waals surface area (Å²) in [4.78, 5) is 0. The highest BCUT2D eigenvalue weighted by molar-refractivity contribution is 9.10. The third-order valence-electron chi connectivity index (χ3n) is 5.69. The molecule has 2 N–H and O–H groups in total. The maximum atomic E-state index is 10.4. The van der Waals surface area contributed by atoms with Gasteiger partial charge in [-0.3, -0.25) is 0 Å². The van der Waals surface area contributed by atoms with Gasteiger partial charge in [0.2, 0.25) is 0 Å². The first-order valence-corrected chi connectivity index (χ1v) is 10.6. The second-order valence-electron chi connectivity index (χ2n) is 7.42. The zero-order valence-electron chi connectivity index (χ0n) is 16.1. The lowest BCUT2D eigenvalue weighted by Crippen LogP contribution is -2.05. The van der Waals surface area contributed by atoms with E-state index >= 15 is 0 Å². The molecule has 0 amide bonds. The Morgan fingerprint density at radius 3 is 1.40 bits per heavy atom. The van der Waals surface area contributed by atoms with Crippen LogP contribution in [0.5, 0.6) is 11.5 Å². The highest BCUT2D eigenvalue weighted by Crippen LogP contribution is 2.42. The summed E-state index contributed by atoms with van der Waals surface area (Å²) in [6.45, 7) is 0. The Morgan fingerprint density at radius 2 is 0.933 bits per heavy atom. The van der Waals surface area contributed by atoms with Gasteiger partial charge in [-0.2, -0.15) is 0 Å². The van der Waals surface area contributed by atoms with Crippen molar-refractivity contribution in [2.24, 2.45) is 0 Å². The molecule has 0 bridgehead atoms. The molecule has 0 aromatic heterocycles. The van der Waals surface area contributed by atoms with Crippen LogP contribution in [-0.4, -0.2) is 10.2 Å². The van der Waals surface area contributed by atoms with Gasteiger partial charge in [-0.05, 0) is 51.7 Å². The molecule has 5 rings (SSSR count). The fourth-order valence-electron chi connectivity index (χ4n) is 4.30. The summed E-state index contributed by atoms with van der Waals surface area (Å²) < 4.78 is 1.02. The van der Waals surface area contributed by atoms with Crippen molar-refractivity contribution in [1.82, 2.24) is 0 Å². The van der Waals surface area contributed by atoms with E-state index in [9.17, 15) is 10.2 Å². The van der Waals surface area contributed by atoms with Crippen LogP contribution in [0.4, 0.5) is 0 Å². The second-order valence-corrected chi connectivity index (χ2v) is 8.34. The normalized spacial score (nSPS) is 11.4. The lowest BCUT2D eigenvalue weighted by Gasteiger charge is -2.23. The van der Waals surface area contributed by atoms with E-state index in [2.05, 4.69) is 40.2 Å². The van der Waals surface area contributed by atoms with Crippen molar-refractivity contribution < 1.29 is 10.2 Å². The number of benzene rings is 5. The molecular weight excluding hydrogens is 436 g/mol. The number of hydrogen-bond acceptors (Lipinski definition) is 2. The van der Waals surface area contributed by atoms with E-state index in [1.165, 1.54) is 0 Å². The Hall–Kier alpha value is -3.30. The maximum Gasteiger partial charge on any atom is 0.123 e. The van der Waals surface area contributed by atoms with Crippen molar-refractivity contribution in [3.8, 4) is 11.5 Å². The summed E-state index contributed by atoms with van der Waals surface area (Å²) in [5, 5.41) is 24.5. The molecule has 0 aliphatic heterocycles. The SMILES string of the molecule is Oc1ccc(C(c2ccc(Br)cc2)c2ccc(O)c3ccccc23)c2ccccc12. The van der Waals surface area contributed by atoms with E-state index < -0.39 is 0 Å². The molecule has 0 saturated carbocycles. The minimum Gasteiger partial charge on any atom is -0.507 e. The van der Waals surface area contributed by atoms with Crippen LogP contribution < -0.4 is 0 Å². The maximum absolute atomic E-state index is 10.4. The van der Waals surface area contributed by atoms with Gasteiger partial charge in [0.25, 0.3) is 0 Å². The Balaban J connectivity index is 1.86. The molecule has 0 aliphatic rings. The number of phenols is 2. The number of aromatic hydroxyl groups is 2. The lowest BCUT2D eigenvalue weighted by molar-refractivity contribution is 0.481. The number of rotatable bonds is 3. The summed E-state index contributed by atoms with van der Waals surface area (Å²) in [7, 11) is 0. The van der Waals surface area contributed by atoms with Crippen molar-refractivity contribution in [1.29, 1.82) is 0 Å². The minimum absolute atomic E-state index is 0.0610. The van der Waals surface area contributed by atoms with Crippen molar-refractivity contribution in [3.63, 3.8) is 0 Å². The first-order valence-electron chi connectivity index (χ1n) is 9.80. The molecule has 5 aromatic rings. The zero-order chi connectivity index (χ0) is 20.7. The van der Waals surface area contributed by atoms with E-state index in [4.69, 9.17) is 0 Å². The largest absolute Gasteiger partial charge is 0.507 e. The minimum atomic E-state index is -0.0610. The lowest BCUT2D eigenvalue weighted by atomic mass is 9.80. The summed E-state index contributed by atoms with van der Waals surface area (Å²) in [5.74, 6) is 0.494. The fraction of sp³-hybridized carbons (Fsp3) is 0.0370. The number of fused-ring (bicyclic) bond motifs is 2. The number of hydrogen-bond donors (Lipinski definition) is 2. The van der Waals surface area contributed by atoms with E-state index in [0.717, 1.165) is 42.7 Å². The second kappa shape index (κ2) is 7.51. The van der Waals surface area contributed by atoms with Crippen LogP contribution in [0.1, 0.15) is 22.6 Å². The van der Waals surface area contributed by atoms with Gasteiger partial charge in [-0.1, -0.05) is 88.7 Å². The Bertz CT molecular complexity index is 1290. The smallest absolute Gasteiger partial charge is 0.123 e. The molecule has 0 unspecified atom stereocenters. The van der Waals surface area contributed by atoms with Crippen LogP contribution >= 0.6 is 15.9 Å². The first-order chi connectivity index (χ1) is 14.6. The summed E-state index contributed by atoms with van der Waals surface area (Å²) in [6.07, 6.45) is 0. The average molecular weight is 455 g/mol. The summed E-state index contributed by atoms with van der Waals surface area (Å²) >= 11 is 3.54. The predicted molar refractivity (Wildman–Crippen MR) is 126 cm³/mol. The molecule has 3 heteroatoms. The van der Waals surface area contributed by atoms with E-state index in [0.29, 0.717) is 0 Å². The van der Waals surface area contributed by atoms with Crippen molar-refractivity contribution in [3.05, 3.63) is 118 Å². The average Bonchev–Trinajstić information content (AvgIpc) is 2.78. The van der Waals surface area contributed by atoms with Crippen LogP contribution in [0.15, 0.2) is 102 Å². The van der Waals surface area contributed by atoms with Crippen LogP contribution in [0.3, 0.4) is 0 Å². The molecule has 0 spiro atoms. The van der Waals surface area contributed by atoms with E-state index in [1.807, 2.05) is 60.7 Å². The summed E-state index contributed by atoms with van der Waals surface area (Å²) in [5.41, 5.74) is 3.37. The van der Waals surface area contributed by atoms with Gasteiger partial charge in [-0.25, -0.2) is 0 Å². The highest BCUT2D eigenvalue weighted by Gasteiger charge is 2.22. The molecular formula is C27H19BrO2. The number of halogens is 1.